The van der Waals surface area contributed by atoms with E-state index in [0.29, 0.717) is 17.0 Å². The van der Waals surface area contributed by atoms with Crippen LogP contribution in [-0.4, -0.2) is 42.0 Å². The molecule has 2 rings (SSSR count). The van der Waals surface area contributed by atoms with E-state index in [1.807, 2.05) is 0 Å². The zero-order valence-electron chi connectivity index (χ0n) is 15.5. The van der Waals surface area contributed by atoms with Gasteiger partial charge in [-0.05, 0) is 32.9 Å². The highest BCUT2D eigenvalue weighted by Gasteiger charge is 2.23. The molecule has 2 N–H and O–H groups in total. The predicted molar refractivity (Wildman–Crippen MR) is 106 cm³/mol. The average Bonchev–Trinajstić information content (AvgIpc) is 2.60. The summed E-state index contributed by atoms with van der Waals surface area (Å²) in [5.74, 6) is 0.380. The average molecular weight is 412 g/mol. The molecule has 0 aliphatic heterocycles. The van der Waals surface area contributed by atoms with Crippen molar-refractivity contribution in [3.05, 3.63) is 47.0 Å². The normalized spacial score (nSPS) is 14.7. The number of hydrogen-bond acceptors (Lipinski definition) is 6. The molecule has 0 spiro atoms. The molecule has 1 aromatic carbocycles. The summed E-state index contributed by atoms with van der Waals surface area (Å²) in [7, 11) is -0.0953. The maximum atomic E-state index is 12.5. The highest BCUT2D eigenvalue weighted by atomic mass is 35.5. The van der Waals surface area contributed by atoms with Gasteiger partial charge in [-0.3, -0.25) is 4.98 Å². The first-order chi connectivity index (χ1) is 12.6. The zero-order valence-corrected chi connectivity index (χ0v) is 17.1. The van der Waals surface area contributed by atoms with E-state index in [-0.39, 0.29) is 23.0 Å². The smallest absolute Gasteiger partial charge is 0.147 e. The predicted octanol–water partition coefficient (Wildman–Crippen LogP) is 3.22. The monoisotopic (exact) mass is 411 g/mol. The van der Waals surface area contributed by atoms with Gasteiger partial charge >= 0.3 is 0 Å². The summed E-state index contributed by atoms with van der Waals surface area (Å²) in [6.45, 7) is 5.37. The van der Waals surface area contributed by atoms with Gasteiger partial charge in [-0.15, -0.1) is 0 Å². The van der Waals surface area contributed by atoms with Crippen LogP contribution in [0.4, 0.5) is 0 Å². The molecular weight excluding hydrogens is 390 g/mol. The largest absolute Gasteiger partial charge is 0.507 e. The van der Waals surface area contributed by atoms with Crippen molar-refractivity contribution in [2.75, 3.05) is 7.11 Å². The third-order valence-electron chi connectivity index (χ3n) is 3.60. The molecule has 0 aliphatic rings. The van der Waals surface area contributed by atoms with Crippen LogP contribution in [-0.2, 0) is 11.0 Å². The molecule has 0 bridgehead atoms. The Kier molecular flexibility index (Phi) is 6.91. The first-order valence-corrected chi connectivity index (χ1v) is 9.62. The van der Waals surface area contributed by atoms with E-state index in [1.54, 1.807) is 32.9 Å². The Labute approximate surface area is 165 Å². The summed E-state index contributed by atoms with van der Waals surface area (Å²) in [5.41, 5.74) is 0.934. The van der Waals surface area contributed by atoms with Gasteiger partial charge in [0.05, 0.1) is 35.7 Å². The fourth-order valence-electron chi connectivity index (χ4n) is 2.10. The fraction of sp³-hybridized carbons (Fsp3) is 0.389. The minimum atomic E-state index is -1.58. The zero-order chi connectivity index (χ0) is 20.2. The number of aromatic nitrogens is 2. The number of rotatable bonds is 6. The van der Waals surface area contributed by atoms with Gasteiger partial charge in [-0.25, -0.2) is 9.19 Å². The van der Waals surface area contributed by atoms with Crippen molar-refractivity contribution in [2.24, 2.45) is 4.40 Å². The maximum Gasteiger partial charge on any atom is 0.147 e. The summed E-state index contributed by atoms with van der Waals surface area (Å²) >= 11 is 5.72. The van der Waals surface area contributed by atoms with Gasteiger partial charge in [0, 0.05) is 18.1 Å². The lowest BCUT2D eigenvalue weighted by molar-refractivity contribution is 0.181. The number of ether oxygens (including phenoxy) is 1. The third-order valence-corrected chi connectivity index (χ3v) is 5.23. The minimum absolute atomic E-state index is 0.0159. The molecule has 0 amide bonds. The molecule has 0 radical (unpaired) electrons. The molecular formula is C18H22ClN3O4S. The first-order valence-electron chi connectivity index (χ1n) is 8.14. The standard InChI is InChI=1S/C18H22ClN3O4S/c1-18(2,3)27(25)22-13(12-6-5-11(26-4)7-15(12)23)8-16(24)14-9-21-17(19)10-20-14/h5-7,9-10,16,23-24H,8H2,1-4H3/b22-13+/t16-,27?/m0/s1. The van der Waals surface area contributed by atoms with E-state index in [0.717, 1.165) is 0 Å². The number of benzene rings is 1. The Balaban J connectivity index is 2.42. The van der Waals surface area contributed by atoms with Crippen molar-refractivity contribution in [2.45, 2.75) is 38.0 Å². The molecule has 27 heavy (non-hydrogen) atoms. The van der Waals surface area contributed by atoms with Crippen molar-refractivity contribution in [1.29, 1.82) is 0 Å². The lowest BCUT2D eigenvalue weighted by atomic mass is 10.0. The Morgan fingerprint density at radius 2 is 2.04 bits per heavy atom. The second kappa shape index (κ2) is 8.77. The molecule has 0 saturated carbocycles. The van der Waals surface area contributed by atoms with Gasteiger partial charge in [0.1, 0.15) is 33.7 Å². The topological polar surface area (TPSA) is 105 Å². The molecule has 0 saturated heterocycles. The number of aliphatic hydroxyl groups excluding tert-OH is 1. The van der Waals surface area contributed by atoms with Gasteiger partial charge in [0.2, 0.25) is 0 Å². The molecule has 2 atom stereocenters. The summed E-state index contributed by atoms with van der Waals surface area (Å²) in [6.07, 6.45) is 1.61. The number of aliphatic hydroxyl groups is 1. The van der Waals surface area contributed by atoms with Crippen molar-refractivity contribution >= 4 is 28.3 Å². The number of aromatic hydroxyl groups is 1. The Morgan fingerprint density at radius 1 is 1.33 bits per heavy atom. The van der Waals surface area contributed by atoms with Crippen LogP contribution in [0.25, 0.3) is 0 Å². The number of hydrogen-bond donors (Lipinski definition) is 2. The van der Waals surface area contributed by atoms with Crippen LogP contribution in [0.15, 0.2) is 35.0 Å². The highest BCUT2D eigenvalue weighted by molar-refractivity contribution is 7.85. The lowest BCUT2D eigenvalue weighted by Crippen LogP contribution is -2.22. The SMILES string of the molecule is COc1ccc(/C(C[C@H](O)c2cnc(Cl)cn2)=N/S(=O)C(C)(C)C)c(O)c1. The van der Waals surface area contributed by atoms with Crippen molar-refractivity contribution in [3.63, 3.8) is 0 Å². The van der Waals surface area contributed by atoms with E-state index in [4.69, 9.17) is 16.3 Å². The molecule has 9 heteroatoms. The van der Waals surface area contributed by atoms with Crippen LogP contribution < -0.4 is 4.74 Å². The minimum Gasteiger partial charge on any atom is -0.507 e. The summed E-state index contributed by atoms with van der Waals surface area (Å²) in [5, 5.41) is 21.1. The van der Waals surface area contributed by atoms with Gasteiger partial charge in [0.15, 0.2) is 0 Å². The quantitative estimate of drug-likeness (QED) is 0.707. The van der Waals surface area contributed by atoms with Crippen LogP contribution in [0.5, 0.6) is 11.5 Å². The van der Waals surface area contributed by atoms with E-state index in [9.17, 15) is 14.4 Å². The number of methoxy groups -OCH3 is 1. The molecule has 7 nitrogen and oxygen atoms in total. The van der Waals surface area contributed by atoms with Crippen molar-refractivity contribution in [3.8, 4) is 11.5 Å². The number of phenols is 1. The molecule has 1 unspecified atom stereocenters. The Hall–Kier alpha value is -2.03. The van der Waals surface area contributed by atoms with Crippen LogP contribution >= 0.6 is 11.6 Å². The van der Waals surface area contributed by atoms with Crippen LogP contribution in [0.1, 0.15) is 44.6 Å². The van der Waals surface area contributed by atoms with E-state index >= 15 is 0 Å². The number of phenolic OH excluding ortho intramolecular Hbond substituents is 1. The van der Waals surface area contributed by atoms with Crippen LogP contribution in [0, 0.1) is 0 Å². The Morgan fingerprint density at radius 3 is 2.56 bits per heavy atom. The summed E-state index contributed by atoms with van der Waals surface area (Å²) in [6, 6.07) is 4.69. The number of halogens is 1. The van der Waals surface area contributed by atoms with E-state index < -0.39 is 21.8 Å². The van der Waals surface area contributed by atoms with Gasteiger partial charge in [-0.1, -0.05) is 11.6 Å². The van der Waals surface area contributed by atoms with Crippen LogP contribution in [0.2, 0.25) is 5.15 Å². The second-order valence-corrected chi connectivity index (χ2v) is 9.06. The molecule has 1 heterocycles. The maximum absolute atomic E-state index is 12.5. The number of nitrogens with zero attached hydrogens (tertiary/aromatic N) is 3. The third kappa shape index (κ3) is 5.72. The van der Waals surface area contributed by atoms with Crippen LogP contribution in [0.3, 0.4) is 0 Å². The molecule has 0 aliphatic carbocycles. The van der Waals surface area contributed by atoms with Gasteiger partial charge in [-0.2, -0.15) is 4.40 Å². The van der Waals surface area contributed by atoms with E-state index in [2.05, 4.69) is 14.4 Å². The molecule has 2 aromatic rings. The lowest BCUT2D eigenvalue weighted by Gasteiger charge is -2.18. The first kappa shape index (κ1) is 21.3. The van der Waals surface area contributed by atoms with Crippen molar-refractivity contribution in [1.82, 2.24) is 9.97 Å². The summed E-state index contributed by atoms with van der Waals surface area (Å²) < 4.78 is 21.3. The fourth-order valence-corrected chi connectivity index (χ4v) is 2.84. The molecule has 146 valence electrons. The second-order valence-electron chi connectivity index (χ2n) is 6.77. The van der Waals surface area contributed by atoms with Crippen molar-refractivity contribution < 1.29 is 19.2 Å². The highest BCUT2D eigenvalue weighted by Crippen LogP contribution is 2.28. The molecule has 0 fully saturated rings. The van der Waals surface area contributed by atoms with E-state index in [1.165, 1.54) is 25.6 Å². The summed E-state index contributed by atoms with van der Waals surface area (Å²) in [4.78, 5) is 7.94. The van der Waals surface area contributed by atoms with Gasteiger partial charge < -0.3 is 14.9 Å². The molecule has 1 aromatic heterocycles. The Bertz CT molecular complexity index is 851. The van der Waals surface area contributed by atoms with Gasteiger partial charge in [0.25, 0.3) is 0 Å².